The van der Waals surface area contributed by atoms with Gasteiger partial charge in [-0.25, -0.2) is 10.8 Å². The number of benzene rings is 1. The molecule has 2 rings (SSSR count). The van der Waals surface area contributed by atoms with Gasteiger partial charge in [-0.3, -0.25) is 0 Å². The summed E-state index contributed by atoms with van der Waals surface area (Å²) in [4.78, 5) is 4.89. The number of hydrazine groups is 1. The van der Waals surface area contributed by atoms with Gasteiger partial charge in [-0.2, -0.15) is 0 Å². The molecule has 5 N–H and O–H groups in total. The van der Waals surface area contributed by atoms with Crippen LogP contribution in [0.3, 0.4) is 0 Å². The molecule has 0 aliphatic heterocycles. The summed E-state index contributed by atoms with van der Waals surface area (Å²) in [6.07, 6.45) is 13.6. The van der Waals surface area contributed by atoms with E-state index in [2.05, 4.69) is 49.2 Å². The standard InChI is InChI=1S/C24H35N5/c1-5-24(13-6-7-15-29(4)26)17-20(18-25)23(16-21(24)12-14-27-3)28-22-10-8-19(2)9-11-22/h5,7-11,15-16,18,27H,1,6,12-14,17,25-26H2,2-4H3/b15-7-,20-18?,28-23?. The lowest BCUT2D eigenvalue weighted by molar-refractivity contribution is 0.404. The number of nitrogens with two attached hydrogens (primary N) is 2. The number of hydrogen-bond acceptors (Lipinski definition) is 5. The maximum Gasteiger partial charge on any atom is 0.0683 e. The molecule has 5 nitrogen and oxygen atoms in total. The fourth-order valence-corrected chi connectivity index (χ4v) is 3.67. The molecule has 0 saturated carbocycles. The molecular weight excluding hydrogens is 358 g/mol. The van der Waals surface area contributed by atoms with Crippen molar-refractivity contribution in [1.29, 1.82) is 0 Å². The van der Waals surface area contributed by atoms with Crippen molar-refractivity contribution >= 4 is 11.4 Å². The number of aryl methyl sites for hydroxylation is 1. The Bertz CT molecular complexity index is 799. The van der Waals surface area contributed by atoms with Gasteiger partial charge in [0, 0.05) is 18.7 Å². The first-order valence-electron chi connectivity index (χ1n) is 10.1. The third kappa shape index (κ3) is 6.17. The maximum absolute atomic E-state index is 6.03. The minimum atomic E-state index is -0.133. The predicted molar refractivity (Wildman–Crippen MR) is 125 cm³/mol. The summed E-state index contributed by atoms with van der Waals surface area (Å²) < 4.78 is 0. The lowest BCUT2D eigenvalue weighted by Gasteiger charge is -2.38. The highest BCUT2D eigenvalue weighted by atomic mass is 15.4. The van der Waals surface area contributed by atoms with Gasteiger partial charge in [-0.1, -0.05) is 35.4 Å². The Hall–Kier alpha value is -2.63. The van der Waals surface area contributed by atoms with Crippen LogP contribution in [0.25, 0.3) is 0 Å². The van der Waals surface area contributed by atoms with Crippen LogP contribution in [0.15, 0.2) is 77.6 Å². The molecule has 0 amide bonds. The zero-order chi connectivity index (χ0) is 21.3. The first-order chi connectivity index (χ1) is 13.9. The minimum absolute atomic E-state index is 0.133. The van der Waals surface area contributed by atoms with E-state index in [4.69, 9.17) is 16.6 Å². The monoisotopic (exact) mass is 393 g/mol. The molecule has 1 aromatic carbocycles. The lowest BCUT2D eigenvalue weighted by Crippen LogP contribution is -2.30. The van der Waals surface area contributed by atoms with E-state index in [1.54, 1.807) is 11.2 Å². The largest absolute Gasteiger partial charge is 0.404 e. The molecule has 1 unspecified atom stereocenters. The van der Waals surface area contributed by atoms with Crippen LogP contribution in [0.2, 0.25) is 0 Å². The molecule has 1 aliphatic carbocycles. The van der Waals surface area contributed by atoms with Crippen LogP contribution in [0.5, 0.6) is 0 Å². The smallest absolute Gasteiger partial charge is 0.0683 e. The van der Waals surface area contributed by atoms with E-state index >= 15 is 0 Å². The quantitative estimate of drug-likeness (QED) is 0.335. The van der Waals surface area contributed by atoms with Crippen molar-refractivity contribution in [1.82, 2.24) is 10.3 Å². The zero-order valence-electron chi connectivity index (χ0n) is 18.0. The van der Waals surface area contributed by atoms with Gasteiger partial charge in [-0.05, 0) is 76.2 Å². The summed E-state index contributed by atoms with van der Waals surface area (Å²) in [7, 11) is 3.80. The molecule has 1 aromatic rings. The van der Waals surface area contributed by atoms with E-state index in [1.807, 2.05) is 32.4 Å². The van der Waals surface area contributed by atoms with Gasteiger partial charge in [-0.15, -0.1) is 6.58 Å². The van der Waals surface area contributed by atoms with Crippen molar-refractivity contribution < 1.29 is 0 Å². The normalized spacial score (nSPS) is 22.3. The van der Waals surface area contributed by atoms with Crippen LogP contribution in [0, 0.1) is 12.3 Å². The second-order valence-corrected chi connectivity index (χ2v) is 7.67. The first-order valence-corrected chi connectivity index (χ1v) is 10.1. The molecule has 0 radical (unpaired) electrons. The fourth-order valence-electron chi connectivity index (χ4n) is 3.67. The van der Waals surface area contributed by atoms with E-state index in [0.717, 1.165) is 49.2 Å². The SMILES string of the molecule is C=CC1(CC/C=C\N(C)N)CC(=CN)C(=Nc2ccc(C)cc2)C=C1CCNC. The van der Waals surface area contributed by atoms with Crippen molar-refractivity contribution in [3.63, 3.8) is 0 Å². The van der Waals surface area contributed by atoms with E-state index in [9.17, 15) is 0 Å². The molecule has 1 atom stereocenters. The Labute approximate surface area is 175 Å². The van der Waals surface area contributed by atoms with Gasteiger partial charge >= 0.3 is 0 Å². The minimum Gasteiger partial charge on any atom is -0.404 e. The highest BCUT2D eigenvalue weighted by Crippen LogP contribution is 2.45. The van der Waals surface area contributed by atoms with Crippen molar-refractivity contribution in [3.8, 4) is 0 Å². The Balaban J connectivity index is 2.41. The summed E-state index contributed by atoms with van der Waals surface area (Å²) in [5.41, 5.74) is 11.4. The molecule has 1 aliphatic rings. The molecule has 0 aromatic heterocycles. The first kappa shape index (κ1) is 22.7. The van der Waals surface area contributed by atoms with Gasteiger partial charge in [0.1, 0.15) is 0 Å². The van der Waals surface area contributed by atoms with Gasteiger partial charge in [0.05, 0.1) is 11.4 Å². The van der Waals surface area contributed by atoms with Crippen LogP contribution in [-0.2, 0) is 0 Å². The van der Waals surface area contributed by atoms with Gasteiger partial charge in [0.25, 0.3) is 0 Å². The summed E-state index contributed by atoms with van der Waals surface area (Å²) in [5, 5.41) is 4.83. The second kappa shape index (κ2) is 10.8. The predicted octanol–water partition coefficient (Wildman–Crippen LogP) is 4.12. The van der Waals surface area contributed by atoms with Gasteiger partial charge in [0.15, 0.2) is 0 Å². The molecule has 156 valence electrons. The van der Waals surface area contributed by atoms with Crippen LogP contribution in [0.1, 0.15) is 31.2 Å². The van der Waals surface area contributed by atoms with Crippen LogP contribution >= 0.6 is 0 Å². The number of allylic oxidation sites excluding steroid dienone is 4. The van der Waals surface area contributed by atoms with Crippen molar-refractivity contribution in [2.75, 3.05) is 20.6 Å². The zero-order valence-corrected chi connectivity index (χ0v) is 18.0. The topological polar surface area (TPSA) is 79.7 Å². The van der Waals surface area contributed by atoms with Crippen LogP contribution < -0.4 is 16.9 Å². The average molecular weight is 394 g/mol. The molecule has 29 heavy (non-hydrogen) atoms. The van der Waals surface area contributed by atoms with Gasteiger partial charge in [0.2, 0.25) is 0 Å². The number of nitrogens with zero attached hydrogens (tertiary/aromatic N) is 2. The summed E-state index contributed by atoms with van der Waals surface area (Å²) in [6.45, 7) is 7.17. The fraction of sp³-hybridized carbons (Fsp3) is 0.375. The van der Waals surface area contributed by atoms with E-state index in [-0.39, 0.29) is 5.41 Å². The summed E-state index contributed by atoms with van der Waals surface area (Å²) in [6, 6.07) is 8.24. The average Bonchev–Trinajstić information content (AvgIpc) is 2.72. The summed E-state index contributed by atoms with van der Waals surface area (Å²) in [5.74, 6) is 5.68. The number of nitrogens with one attached hydrogen (secondary N) is 1. The molecule has 5 heteroatoms. The highest BCUT2D eigenvalue weighted by Gasteiger charge is 2.35. The van der Waals surface area contributed by atoms with Crippen molar-refractivity contribution in [3.05, 3.63) is 78.2 Å². The Morgan fingerprint density at radius 1 is 1.31 bits per heavy atom. The molecular formula is C24H35N5. The number of rotatable bonds is 9. The van der Waals surface area contributed by atoms with Crippen molar-refractivity contribution in [2.24, 2.45) is 22.0 Å². The Morgan fingerprint density at radius 3 is 2.62 bits per heavy atom. The van der Waals surface area contributed by atoms with Crippen LogP contribution in [0.4, 0.5) is 5.69 Å². The Kier molecular flexibility index (Phi) is 8.43. The molecule has 0 fully saturated rings. The Morgan fingerprint density at radius 2 is 2.03 bits per heavy atom. The number of hydrogen-bond donors (Lipinski definition) is 3. The van der Waals surface area contributed by atoms with Crippen LogP contribution in [-0.4, -0.2) is 31.4 Å². The van der Waals surface area contributed by atoms with Gasteiger partial charge < -0.3 is 16.1 Å². The molecule has 0 spiro atoms. The third-order valence-corrected chi connectivity index (χ3v) is 5.40. The third-order valence-electron chi connectivity index (χ3n) is 5.40. The molecule has 0 heterocycles. The van der Waals surface area contributed by atoms with E-state index in [0.29, 0.717) is 0 Å². The second-order valence-electron chi connectivity index (χ2n) is 7.67. The maximum atomic E-state index is 6.03. The number of aliphatic imine (C=N–C) groups is 1. The highest BCUT2D eigenvalue weighted by molar-refractivity contribution is 6.11. The lowest BCUT2D eigenvalue weighted by atomic mass is 9.66. The molecule has 0 saturated heterocycles. The molecule has 0 bridgehead atoms. The summed E-state index contributed by atoms with van der Waals surface area (Å²) >= 11 is 0. The van der Waals surface area contributed by atoms with E-state index < -0.39 is 0 Å². The van der Waals surface area contributed by atoms with E-state index in [1.165, 1.54) is 11.1 Å². The van der Waals surface area contributed by atoms with Crippen molar-refractivity contribution in [2.45, 2.75) is 32.6 Å².